The maximum atomic E-state index is 11.9. The molecule has 0 atom stereocenters. The Bertz CT molecular complexity index is 672. The molecule has 2 aromatic rings. The fourth-order valence-corrected chi connectivity index (χ4v) is 2.03. The standard InChI is InChI=1S/C19H22N2O4/c1-2-20-19(23)14-25-17-10-8-15(9-11-17)21-18(22)12-13-24-16-6-4-3-5-7-16/h3-11H,2,12-14H2,1H3,(H,20,23)(H,21,22). The van der Waals surface area contributed by atoms with Crippen LogP contribution in [0.25, 0.3) is 0 Å². The van der Waals surface area contributed by atoms with Crippen LogP contribution in [-0.4, -0.2) is 31.6 Å². The Morgan fingerprint density at radius 1 is 0.880 bits per heavy atom. The number of carbonyl (C=O) groups excluding carboxylic acids is 2. The minimum atomic E-state index is -0.168. The molecule has 0 fully saturated rings. The van der Waals surface area contributed by atoms with E-state index in [0.717, 1.165) is 5.75 Å². The number of nitrogens with one attached hydrogen (secondary N) is 2. The first-order valence-corrected chi connectivity index (χ1v) is 8.14. The SMILES string of the molecule is CCNC(=O)COc1ccc(NC(=O)CCOc2ccccc2)cc1. The van der Waals surface area contributed by atoms with E-state index >= 15 is 0 Å². The molecule has 0 aliphatic rings. The quantitative estimate of drug-likeness (QED) is 0.734. The summed E-state index contributed by atoms with van der Waals surface area (Å²) in [4.78, 5) is 23.2. The third kappa shape index (κ3) is 6.95. The van der Waals surface area contributed by atoms with Gasteiger partial charge in [0.25, 0.3) is 5.91 Å². The molecule has 0 saturated heterocycles. The molecular weight excluding hydrogens is 320 g/mol. The molecular formula is C19H22N2O4. The first-order valence-electron chi connectivity index (χ1n) is 8.14. The van der Waals surface area contributed by atoms with Crippen molar-refractivity contribution in [1.82, 2.24) is 5.32 Å². The molecule has 2 N–H and O–H groups in total. The maximum Gasteiger partial charge on any atom is 0.257 e. The van der Waals surface area contributed by atoms with Crippen LogP contribution < -0.4 is 20.1 Å². The molecule has 0 aromatic heterocycles. The molecule has 0 radical (unpaired) electrons. The summed E-state index contributed by atoms with van der Waals surface area (Å²) in [6.45, 7) is 2.70. The topological polar surface area (TPSA) is 76.7 Å². The maximum absolute atomic E-state index is 11.9. The lowest BCUT2D eigenvalue weighted by molar-refractivity contribution is -0.123. The van der Waals surface area contributed by atoms with Crippen LogP contribution in [0.3, 0.4) is 0 Å². The first kappa shape index (κ1) is 18.3. The Hall–Kier alpha value is -3.02. The van der Waals surface area contributed by atoms with E-state index < -0.39 is 0 Å². The van der Waals surface area contributed by atoms with E-state index in [0.29, 0.717) is 24.6 Å². The zero-order valence-electron chi connectivity index (χ0n) is 14.2. The summed E-state index contributed by atoms with van der Waals surface area (Å²) < 4.78 is 10.8. The van der Waals surface area contributed by atoms with Crippen LogP contribution in [-0.2, 0) is 9.59 Å². The van der Waals surface area contributed by atoms with E-state index in [4.69, 9.17) is 9.47 Å². The van der Waals surface area contributed by atoms with Crippen LogP contribution in [0.5, 0.6) is 11.5 Å². The molecule has 0 saturated carbocycles. The number of hydrogen-bond acceptors (Lipinski definition) is 4. The van der Waals surface area contributed by atoms with Gasteiger partial charge in [-0.3, -0.25) is 9.59 Å². The highest BCUT2D eigenvalue weighted by Crippen LogP contribution is 2.16. The highest BCUT2D eigenvalue weighted by atomic mass is 16.5. The Kier molecular flexibility index (Phi) is 7.31. The highest BCUT2D eigenvalue weighted by Gasteiger charge is 2.05. The Morgan fingerprint density at radius 2 is 1.56 bits per heavy atom. The third-order valence-corrected chi connectivity index (χ3v) is 3.22. The van der Waals surface area contributed by atoms with Gasteiger partial charge in [-0.15, -0.1) is 0 Å². The lowest BCUT2D eigenvalue weighted by Crippen LogP contribution is -2.28. The fraction of sp³-hybridized carbons (Fsp3) is 0.263. The molecule has 2 rings (SSSR count). The largest absolute Gasteiger partial charge is 0.493 e. The van der Waals surface area contributed by atoms with Crippen molar-refractivity contribution in [2.75, 3.05) is 25.1 Å². The molecule has 2 amide bonds. The van der Waals surface area contributed by atoms with Crippen LogP contribution in [0, 0.1) is 0 Å². The Morgan fingerprint density at radius 3 is 2.24 bits per heavy atom. The van der Waals surface area contributed by atoms with Crippen molar-refractivity contribution < 1.29 is 19.1 Å². The number of carbonyl (C=O) groups is 2. The van der Waals surface area contributed by atoms with Gasteiger partial charge < -0.3 is 20.1 Å². The van der Waals surface area contributed by atoms with Crippen LogP contribution >= 0.6 is 0 Å². The minimum absolute atomic E-state index is 0.0314. The highest BCUT2D eigenvalue weighted by molar-refractivity contribution is 5.90. The van der Waals surface area contributed by atoms with Gasteiger partial charge in [-0.2, -0.15) is 0 Å². The zero-order chi connectivity index (χ0) is 17.9. The van der Waals surface area contributed by atoms with E-state index in [1.54, 1.807) is 24.3 Å². The number of rotatable bonds is 9. The third-order valence-electron chi connectivity index (χ3n) is 3.22. The summed E-state index contributed by atoms with van der Waals surface area (Å²) >= 11 is 0. The summed E-state index contributed by atoms with van der Waals surface area (Å²) in [5.41, 5.74) is 0.662. The van der Waals surface area contributed by atoms with E-state index in [-0.39, 0.29) is 24.8 Å². The van der Waals surface area contributed by atoms with Gasteiger partial charge in [-0.05, 0) is 43.3 Å². The minimum Gasteiger partial charge on any atom is -0.493 e. The van der Waals surface area contributed by atoms with Gasteiger partial charge >= 0.3 is 0 Å². The number of likely N-dealkylation sites (N-methyl/N-ethyl adjacent to an activating group) is 1. The summed E-state index contributed by atoms with van der Waals surface area (Å²) in [7, 11) is 0. The summed E-state index contributed by atoms with van der Waals surface area (Å²) in [5.74, 6) is 1.01. The van der Waals surface area contributed by atoms with E-state index in [1.807, 2.05) is 37.3 Å². The van der Waals surface area contributed by atoms with Crippen molar-refractivity contribution in [1.29, 1.82) is 0 Å². The molecule has 0 spiro atoms. The smallest absolute Gasteiger partial charge is 0.257 e. The fourth-order valence-electron chi connectivity index (χ4n) is 2.03. The average molecular weight is 342 g/mol. The Labute approximate surface area is 147 Å². The molecule has 6 heteroatoms. The number of para-hydroxylation sites is 1. The van der Waals surface area contributed by atoms with E-state index in [9.17, 15) is 9.59 Å². The molecule has 0 unspecified atom stereocenters. The molecule has 6 nitrogen and oxygen atoms in total. The lowest BCUT2D eigenvalue weighted by atomic mass is 10.3. The monoisotopic (exact) mass is 342 g/mol. The molecule has 2 aromatic carbocycles. The predicted molar refractivity (Wildman–Crippen MR) is 95.8 cm³/mol. The van der Waals surface area contributed by atoms with Crippen LogP contribution in [0.2, 0.25) is 0 Å². The second-order valence-electron chi connectivity index (χ2n) is 5.23. The summed E-state index contributed by atoms with van der Waals surface area (Å²) in [6.07, 6.45) is 0.254. The number of amides is 2. The van der Waals surface area contributed by atoms with Gasteiger partial charge in [0.05, 0.1) is 13.0 Å². The van der Waals surface area contributed by atoms with E-state index in [1.165, 1.54) is 0 Å². The lowest BCUT2D eigenvalue weighted by Gasteiger charge is -2.09. The molecule has 25 heavy (non-hydrogen) atoms. The van der Waals surface area contributed by atoms with Crippen molar-refractivity contribution in [3.8, 4) is 11.5 Å². The van der Waals surface area contributed by atoms with Crippen LogP contribution in [0.15, 0.2) is 54.6 Å². The molecule has 0 aliphatic carbocycles. The second-order valence-corrected chi connectivity index (χ2v) is 5.23. The van der Waals surface area contributed by atoms with Gasteiger partial charge in [-0.25, -0.2) is 0 Å². The molecule has 132 valence electrons. The second kappa shape index (κ2) is 9.97. The molecule has 0 bridgehead atoms. The van der Waals surface area contributed by atoms with Crippen molar-refractivity contribution in [3.63, 3.8) is 0 Å². The van der Waals surface area contributed by atoms with Crippen molar-refractivity contribution in [2.24, 2.45) is 0 Å². The van der Waals surface area contributed by atoms with Gasteiger partial charge in [0.2, 0.25) is 5.91 Å². The van der Waals surface area contributed by atoms with E-state index in [2.05, 4.69) is 10.6 Å². The number of benzene rings is 2. The van der Waals surface area contributed by atoms with Gasteiger partial charge in [-0.1, -0.05) is 18.2 Å². The summed E-state index contributed by atoms with van der Waals surface area (Å²) in [6, 6.07) is 16.2. The number of ether oxygens (including phenoxy) is 2. The van der Waals surface area contributed by atoms with Crippen molar-refractivity contribution in [3.05, 3.63) is 54.6 Å². The normalized spacial score (nSPS) is 9.96. The van der Waals surface area contributed by atoms with Gasteiger partial charge in [0.15, 0.2) is 6.61 Å². The molecule has 0 heterocycles. The Balaban J connectivity index is 1.71. The van der Waals surface area contributed by atoms with Gasteiger partial charge in [0, 0.05) is 12.2 Å². The molecule has 0 aliphatic heterocycles. The van der Waals surface area contributed by atoms with Crippen LogP contribution in [0.1, 0.15) is 13.3 Å². The van der Waals surface area contributed by atoms with Crippen molar-refractivity contribution in [2.45, 2.75) is 13.3 Å². The van der Waals surface area contributed by atoms with Gasteiger partial charge in [0.1, 0.15) is 11.5 Å². The first-order chi connectivity index (χ1) is 12.2. The van der Waals surface area contributed by atoms with Crippen molar-refractivity contribution >= 4 is 17.5 Å². The predicted octanol–water partition coefficient (Wildman–Crippen LogP) is 2.61. The average Bonchev–Trinajstić information content (AvgIpc) is 2.62. The summed E-state index contributed by atoms with van der Waals surface area (Å²) in [5, 5.41) is 5.44. The zero-order valence-corrected chi connectivity index (χ0v) is 14.2. The number of anilines is 1. The number of hydrogen-bond donors (Lipinski definition) is 2. The van der Waals surface area contributed by atoms with Crippen LogP contribution in [0.4, 0.5) is 5.69 Å².